The zero-order valence-corrected chi connectivity index (χ0v) is 26.6. The van der Waals surface area contributed by atoms with E-state index < -0.39 is 16.1 Å². The molecule has 0 aliphatic carbocycles. The molecule has 0 aromatic heterocycles. The fourth-order valence-electron chi connectivity index (χ4n) is 6.11. The van der Waals surface area contributed by atoms with Crippen LogP contribution >= 0.6 is 0 Å². The molecule has 4 aromatic carbocycles. The molecule has 44 heavy (non-hydrogen) atoms. The highest BCUT2D eigenvalue weighted by molar-refractivity contribution is 7.89. The Morgan fingerprint density at radius 3 is 2.02 bits per heavy atom. The van der Waals surface area contributed by atoms with Crippen molar-refractivity contribution < 1.29 is 17.9 Å². The van der Waals surface area contributed by atoms with E-state index in [4.69, 9.17) is 4.74 Å². The lowest BCUT2D eigenvalue weighted by Gasteiger charge is -2.27. The van der Waals surface area contributed by atoms with Gasteiger partial charge in [0.25, 0.3) is 0 Å². The molecule has 1 amide bonds. The standard InChI is InChI=1S/C37H42N2O4S/c1-27-24-33(25-35(43-3)28(27)2)44(41,42)39-26-31-20-10-11-23-34(31)36(39)37(40)38-32(21-12-18-29-14-6-4-7-15-29)22-13-19-30-16-8-5-9-17-30/h4-11,14-17,20,23-25,32,36H,12-13,18-19,21-22,26H2,1-3H3,(H,38,40). The van der Waals surface area contributed by atoms with Crippen LogP contribution in [0.15, 0.2) is 102 Å². The molecule has 0 fully saturated rings. The Morgan fingerprint density at radius 2 is 1.43 bits per heavy atom. The Bertz CT molecular complexity index is 1630. The van der Waals surface area contributed by atoms with Crippen LogP contribution in [0.5, 0.6) is 5.75 Å². The molecule has 1 aliphatic heterocycles. The summed E-state index contributed by atoms with van der Waals surface area (Å²) in [7, 11) is -2.48. The maximum absolute atomic E-state index is 14.2. The van der Waals surface area contributed by atoms with Crippen molar-refractivity contribution in [2.45, 2.75) is 75.9 Å². The maximum Gasteiger partial charge on any atom is 0.244 e. The second kappa shape index (κ2) is 14.2. The van der Waals surface area contributed by atoms with Crippen molar-refractivity contribution in [3.05, 3.63) is 130 Å². The van der Waals surface area contributed by atoms with Crippen LogP contribution in [-0.2, 0) is 34.2 Å². The van der Waals surface area contributed by atoms with Crippen molar-refractivity contribution in [3.63, 3.8) is 0 Å². The minimum absolute atomic E-state index is 0.0750. The van der Waals surface area contributed by atoms with Gasteiger partial charge in [0, 0.05) is 18.7 Å². The van der Waals surface area contributed by atoms with Crippen LogP contribution in [-0.4, -0.2) is 31.8 Å². The first kappa shape index (κ1) is 31.5. The summed E-state index contributed by atoms with van der Waals surface area (Å²) in [6.07, 6.45) is 5.31. The van der Waals surface area contributed by atoms with Gasteiger partial charge in [0.05, 0.1) is 12.0 Å². The number of nitrogens with one attached hydrogen (secondary N) is 1. The van der Waals surface area contributed by atoms with Crippen LogP contribution in [0.25, 0.3) is 0 Å². The Hall–Kier alpha value is -3.94. The SMILES string of the molecule is COc1cc(S(=O)(=O)N2Cc3ccccc3C2C(=O)NC(CCCc2ccccc2)CCCc2ccccc2)cc(C)c1C. The fourth-order valence-corrected chi connectivity index (χ4v) is 7.76. The highest BCUT2D eigenvalue weighted by Gasteiger charge is 2.43. The van der Waals surface area contributed by atoms with Crippen LogP contribution < -0.4 is 10.1 Å². The summed E-state index contributed by atoms with van der Waals surface area (Å²) in [6.45, 7) is 3.91. The molecule has 1 heterocycles. The number of rotatable bonds is 13. The second-order valence-electron chi connectivity index (χ2n) is 11.7. The van der Waals surface area contributed by atoms with Crippen molar-refractivity contribution in [1.82, 2.24) is 9.62 Å². The average Bonchev–Trinajstić information content (AvgIpc) is 3.44. The first-order valence-corrected chi connectivity index (χ1v) is 16.8. The third-order valence-corrected chi connectivity index (χ3v) is 10.5. The molecule has 1 atom stereocenters. The van der Waals surface area contributed by atoms with E-state index in [1.165, 1.54) is 22.5 Å². The molecule has 230 valence electrons. The largest absolute Gasteiger partial charge is 0.496 e. The number of carbonyl (C=O) groups excluding carboxylic acids is 1. The number of ether oxygens (including phenoxy) is 1. The third kappa shape index (κ3) is 7.22. The van der Waals surface area contributed by atoms with E-state index in [0.717, 1.165) is 60.8 Å². The Kier molecular flexibility index (Phi) is 10.2. The quantitative estimate of drug-likeness (QED) is 0.175. The summed E-state index contributed by atoms with van der Waals surface area (Å²) in [5, 5.41) is 3.30. The number of benzene rings is 4. The predicted molar refractivity (Wildman–Crippen MR) is 175 cm³/mol. The van der Waals surface area contributed by atoms with Crippen LogP contribution in [0.4, 0.5) is 0 Å². The molecule has 6 nitrogen and oxygen atoms in total. The molecular weight excluding hydrogens is 568 g/mol. The normalized spacial score (nSPS) is 14.9. The lowest BCUT2D eigenvalue weighted by molar-refractivity contribution is -0.125. The molecule has 1 N–H and O–H groups in total. The summed E-state index contributed by atoms with van der Waals surface area (Å²) in [5.41, 5.74) is 5.82. The Labute approximate surface area is 262 Å². The first-order valence-electron chi connectivity index (χ1n) is 15.4. The van der Waals surface area contributed by atoms with E-state index >= 15 is 0 Å². The van der Waals surface area contributed by atoms with Gasteiger partial charge in [-0.05, 0) is 91.8 Å². The molecule has 5 rings (SSSR count). The van der Waals surface area contributed by atoms with Crippen molar-refractivity contribution in [2.24, 2.45) is 0 Å². The zero-order valence-electron chi connectivity index (χ0n) is 25.8. The van der Waals surface area contributed by atoms with Gasteiger partial charge in [0.1, 0.15) is 11.8 Å². The second-order valence-corrected chi connectivity index (χ2v) is 13.6. The van der Waals surface area contributed by atoms with Crippen molar-refractivity contribution >= 4 is 15.9 Å². The number of amides is 1. The minimum Gasteiger partial charge on any atom is -0.496 e. The number of aryl methyl sites for hydroxylation is 3. The van der Waals surface area contributed by atoms with Gasteiger partial charge in [0.2, 0.25) is 15.9 Å². The van der Waals surface area contributed by atoms with Gasteiger partial charge in [-0.15, -0.1) is 0 Å². The third-order valence-electron chi connectivity index (χ3n) is 8.70. The van der Waals surface area contributed by atoms with Crippen molar-refractivity contribution in [1.29, 1.82) is 0 Å². The van der Waals surface area contributed by atoms with Crippen LogP contribution in [0, 0.1) is 13.8 Å². The fraction of sp³-hybridized carbons (Fsp3) is 0.324. The van der Waals surface area contributed by atoms with E-state index in [2.05, 4.69) is 29.6 Å². The summed E-state index contributed by atoms with van der Waals surface area (Å²) in [5.74, 6) is 0.233. The van der Waals surface area contributed by atoms with Crippen molar-refractivity contribution in [3.8, 4) is 5.75 Å². The maximum atomic E-state index is 14.2. The predicted octanol–water partition coefficient (Wildman–Crippen LogP) is 7.09. The van der Waals surface area contributed by atoms with Gasteiger partial charge in [-0.25, -0.2) is 8.42 Å². The molecule has 0 bridgehead atoms. The number of carbonyl (C=O) groups is 1. The number of sulfonamides is 1. The van der Waals surface area contributed by atoms with Gasteiger partial charge in [-0.1, -0.05) is 84.9 Å². The monoisotopic (exact) mass is 610 g/mol. The van der Waals surface area contributed by atoms with Gasteiger partial charge >= 0.3 is 0 Å². The molecular formula is C37H42N2O4S. The molecule has 7 heteroatoms. The lowest BCUT2D eigenvalue weighted by atomic mass is 9.98. The van der Waals surface area contributed by atoms with E-state index in [-0.39, 0.29) is 23.4 Å². The molecule has 0 radical (unpaired) electrons. The topological polar surface area (TPSA) is 75.7 Å². The van der Waals surface area contributed by atoms with E-state index in [1.807, 2.05) is 74.5 Å². The number of hydrogen-bond donors (Lipinski definition) is 1. The van der Waals surface area contributed by atoms with Gasteiger partial charge in [0.15, 0.2) is 0 Å². The van der Waals surface area contributed by atoms with E-state index in [9.17, 15) is 13.2 Å². The van der Waals surface area contributed by atoms with Crippen LogP contribution in [0.3, 0.4) is 0 Å². The number of hydrogen-bond acceptors (Lipinski definition) is 4. The Morgan fingerprint density at radius 1 is 0.864 bits per heavy atom. The highest BCUT2D eigenvalue weighted by Crippen LogP contribution is 2.39. The lowest BCUT2D eigenvalue weighted by Crippen LogP contribution is -2.44. The highest BCUT2D eigenvalue weighted by atomic mass is 32.2. The van der Waals surface area contributed by atoms with Crippen molar-refractivity contribution in [2.75, 3.05) is 7.11 Å². The molecule has 0 saturated carbocycles. The van der Waals surface area contributed by atoms with E-state index in [1.54, 1.807) is 12.1 Å². The molecule has 1 unspecified atom stereocenters. The first-order chi connectivity index (χ1) is 21.3. The van der Waals surface area contributed by atoms with Crippen LogP contribution in [0.2, 0.25) is 0 Å². The molecule has 0 saturated heterocycles. The smallest absolute Gasteiger partial charge is 0.244 e. The summed E-state index contributed by atoms with van der Waals surface area (Å²) < 4.78 is 35.2. The molecule has 4 aromatic rings. The Balaban J connectivity index is 1.38. The minimum atomic E-state index is -4.02. The number of nitrogens with zero attached hydrogens (tertiary/aromatic N) is 1. The summed E-state index contributed by atoms with van der Waals surface area (Å²) in [6, 6.07) is 30.5. The van der Waals surface area contributed by atoms with Crippen LogP contribution in [0.1, 0.15) is 65.1 Å². The number of methoxy groups -OCH3 is 1. The average molecular weight is 611 g/mol. The van der Waals surface area contributed by atoms with Gasteiger partial charge in [-0.3, -0.25) is 4.79 Å². The zero-order chi connectivity index (χ0) is 31.1. The number of fused-ring (bicyclic) bond motifs is 1. The van der Waals surface area contributed by atoms with Gasteiger partial charge in [-0.2, -0.15) is 4.31 Å². The van der Waals surface area contributed by atoms with Gasteiger partial charge < -0.3 is 10.1 Å². The van der Waals surface area contributed by atoms with E-state index in [0.29, 0.717) is 5.75 Å². The summed E-state index contributed by atoms with van der Waals surface area (Å²) >= 11 is 0. The molecule has 1 aliphatic rings. The molecule has 0 spiro atoms. The summed E-state index contributed by atoms with van der Waals surface area (Å²) in [4.78, 5) is 14.3.